The van der Waals surface area contributed by atoms with Crippen LogP contribution in [0.2, 0.25) is 0 Å². The number of amides is 1. The van der Waals surface area contributed by atoms with Crippen LogP contribution in [0.5, 0.6) is 0 Å². The van der Waals surface area contributed by atoms with E-state index >= 15 is 0 Å². The van der Waals surface area contributed by atoms with E-state index in [0.717, 1.165) is 31.6 Å². The summed E-state index contributed by atoms with van der Waals surface area (Å²) in [6, 6.07) is 22.6. The van der Waals surface area contributed by atoms with Crippen LogP contribution in [-0.2, 0) is 24.3 Å². The Morgan fingerprint density at radius 1 is 1.00 bits per heavy atom. The van der Waals surface area contributed by atoms with E-state index in [9.17, 15) is 4.79 Å². The molecule has 2 aliphatic rings. The molecule has 1 aliphatic heterocycles. The Hall–Kier alpha value is -3.08. The quantitative estimate of drug-likeness (QED) is 0.612. The highest BCUT2D eigenvalue weighted by Gasteiger charge is 2.58. The van der Waals surface area contributed by atoms with Crippen molar-refractivity contribution in [3.63, 3.8) is 0 Å². The van der Waals surface area contributed by atoms with Gasteiger partial charge in [-0.3, -0.25) is 4.68 Å². The minimum absolute atomic E-state index is 0.200. The molecule has 1 saturated carbocycles. The number of nitrogens with zero attached hydrogens (tertiary/aromatic N) is 3. The SMILES string of the molecule is CCn1nc(C2C3CN(C(=O)OCc4ccccc4)CC32)cc1Cc1ccccc1. The highest BCUT2D eigenvalue weighted by molar-refractivity contribution is 5.68. The molecule has 0 bridgehead atoms. The molecule has 1 amide bonds. The number of rotatable bonds is 6. The fourth-order valence-corrected chi connectivity index (χ4v) is 4.79. The zero-order valence-electron chi connectivity index (χ0n) is 17.3. The summed E-state index contributed by atoms with van der Waals surface area (Å²) < 4.78 is 7.62. The second-order valence-electron chi connectivity index (χ2n) is 8.34. The van der Waals surface area contributed by atoms with Gasteiger partial charge in [0, 0.05) is 37.7 Å². The molecule has 5 rings (SSSR count). The van der Waals surface area contributed by atoms with E-state index in [2.05, 4.69) is 41.9 Å². The number of carbonyl (C=O) groups excluding carboxylic acids is 1. The molecule has 154 valence electrons. The molecule has 2 aromatic carbocycles. The van der Waals surface area contributed by atoms with Gasteiger partial charge in [0.25, 0.3) is 0 Å². The Balaban J connectivity index is 1.18. The van der Waals surface area contributed by atoms with Gasteiger partial charge in [-0.2, -0.15) is 5.10 Å². The van der Waals surface area contributed by atoms with Gasteiger partial charge >= 0.3 is 6.09 Å². The Morgan fingerprint density at radius 2 is 1.63 bits per heavy atom. The second kappa shape index (κ2) is 7.98. The van der Waals surface area contributed by atoms with E-state index in [-0.39, 0.29) is 6.09 Å². The van der Waals surface area contributed by atoms with E-state index < -0.39 is 0 Å². The predicted octanol–water partition coefficient (Wildman–Crippen LogP) is 4.48. The first-order chi connectivity index (χ1) is 14.7. The lowest BCUT2D eigenvalue weighted by Crippen LogP contribution is -2.31. The monoisotopic (exact) mass is 401 g/mol. The van der Waals surface area contributed by atoms with Gasteiger partial charge in [0.05, 0.1) is 5.69 Å². The van der Waals surface area contributed by atoms with Crippen molar-refractivity contribution in [2.75, 3.05) is 13.1 Å². The van der Waals surface area contributed by atoms with Crippen molar-refractivity contribution in [2.24, 2.45) is 11.8 Å². The van der Waals surface area contributed by atoms with Crippen LogP contribution in [0, 0.1) is 11.8 Å². The van der Waals surface area contributed by atoms with Crippen LogP contribution < -0.4 is 0 Å². The van der Waals surface area contributed by atoms with Gasteiger partial charge < -0.3 is 9.64 Å². The van der Waals surface area contributed by atoms with Gasteiger partial charge in [0.2, 0.25) is 0 Å². The highest BCUT2D eigenvalue weighted by Crippen LogP contribution is 2.58. The standard InChI is InChI=1S/C25H27N3O2/c1-2-28-20(13-18-9-5-3-6-10-18)14-23(26-28)24-21-15-27(16-22(21)24)25(29)30-17-19-11-7-4-8-12-19/h3-12,14,21-22,24H,2,13,15-17H2,1H3. The van der Waals surface area contributed by atoms with Crippen molar-refractivity contribution in [2.45, 2.75) is 32.4 Å². The van der Waals surface area contributed by atoms with Gasteiger partial charge in [-0.15, -0.1) is 0 Å². The van der Waals surface area contributed by atoms with Crippen LogP contribution in [0.4, 0.5) is 4.79 Å². The maximum Gasteiger partial charge on any atom is 0.410 e. The number of benzene rings is 2. The first-order valence-corrected chi connectivity index (χ1v) is 10.8. The minimum atomic E-state index is -0.200. The van der Waals surface area contributed by atoms with Gasteiger partial charge in [-0.25, -0.2) is 4.79 Å². The summed E-state index contributed by atoms with van der Waals surface area (Å²) in [7, 11) is 0. The van der Waals surface area contributed by atoms with Crippen molar-refractivity contribution in [3.8, 4) is 0 Å². The van der Waals surface area contributed by atoms with Crippen molar-refractivity contribution in [3.05, 3.63) is 89.2 Å². The lowest BCUT2D eigenvalue weighted by Gasteiger charge is -2.19. The fourth-order valence-electron chi connectivity index (χ4n) is 4.79. The number of aromatic nitrogens is 2. The topological polar surface area (TPSA) is 47.4 Å². The number of ether oxygens (including phenoxy) is 1. The minimum Gasteiger partial charge on any atom is -0.445 e. The van der Waals surface area contributed by atoms with Crippen molar-refractivity contribution >= 4 is 6.09 Å². The third kappa shape index (κ3) is 3.72. The highest BCUT2D eigenvalue weighted by atomic mass is 16.6. The molecule has 2 fully saturated rings. The van der Waals surface area contributed by atoms with E-state index in [1.807, 2.05) is 41.3 Å². The summed E-state index contributed by atoms with van der Waals surface area (Å²) in [5.41, 5.74) is 4.78. The van der Waals surface area contributed by atoms with E-state index in [4.69, 9.17) is 9.84 Å². The Labute approximate surface area is 177 Å². The van der Waals surface area contributed by atoms with Crippen LogP contribution in [0.15, 0.2) is 66.7 Å². The number of hydrogen-bond donors (Lipinski definition) is 0. The Morgan fingerprint density at radius 3 is 2.27 bits per heavy atom. The third-order valence-electron chi connectivity index (χ3n) is 6.41. The maximum absolute atomic E-state index is 12.4. The van der Waals surface area contributed by atoms with Gasteiger partial charge in [-0.1, -0.05) is 60.7 Å². The normalized spacial score (nSPS) is 22.0. The molecule has 30 heavy (non-hydrogen) atoms. The lowest BCUT2D eigenvalue weighted by molar-refractivity contribution is 0.0997. The van der Waals surface area contributed by atoms with Crippen molar-refractivity contribution in [1.29, 1.82) is 0 Å². The molecule has 2 atom stereocenters. The summed E-state index contributed by atoms with van der Waals surface area (Å²) in [5.74, 6) is 1.50. The number of aryl methyl sites for hydroxylation is 1. The molecular weight excluding hydrogens is 374 g/mol. The van der Waals surface area contributed by atoms with Gasteiger partial charge in [-0.05, 0) is 36.0 Å². The Kier molecular flexibility index (Phi) is 5.03. The van der Waals surface area contributed by atoms with Gasteiger partial charge in [0.15, 0.2) is 0 Å². The molecule has 0 spiro atoms. The molecule has 1 aliphatic carbocycles. The number of likely N-dealkylation sites (tertiary alicyclic amines) is 1. The van der Waals surface area contributed by atoms with E-state index in [1.165, 1.54) is 17.0 Å². The van der Waals surface area contributed by atoms with Crippen molar-refractivity contribution < 1.29 is 9.53 Å². The van der Waals surface area contributed by atoms with E-state index in [1.54, 1.807) is 0 Å². The zero-order valence-corrected chi connectivity index (χ0v) is 17.3. The molecule has 0 N–H and O–H groups in total. The average Bonchev–Trinajstić information content (AvgIpc) is 3.11. The molecule has 1 aromatic heterocycles. The zero-order chi connectivity index (χ0) is 20.5. The molecule has 2 heterocycles. The molecule has 5 nitrogen and oxygen atoms in total. The second-order valence-corrected chi connectivity index (χ2v) is 8.34. The maximum atomic E-state index is 12.4. The number of carbonyl (C=O) groups is 1. The van der Waals surface area contributed by atoms with Crippen LogP contribution in [0.25, 0.3) is 0 Å². The van der Waals surface area contributed by atoms with Crippen molar-refractivity contribution in [1.82, 2.24) is 14.7 Å². The fraction of sp³-hybridized carbons (Fsp3) is 0.360. The smallest absolute Gasteiger partial charge is 0.410 e. The largest absolute Gasteiger partial charge is 0.445 e. The molecule has 2 unspecified atom stereocenters. The molecular formula is C25H27N3O2. The lowest BCUT2D eigenvalue weighted by atomic mass is 10.1. The van der Waals surface area contributed by atoms with Gasteiger partial charge in [0.1, 0.15) is 6.61 Å². The number of hydrogen-bond acceptors (Lipinski definition) is 3. The Bertz CT molecular complexity index is 1000. The average molecular weight is 402 g/mol. The molecule has 5 heteroatoms. The van der Waals surface area contributed by atoms with E-state index in [0.29, 0.717) is 24.4 Å². The summed E-state index contributed by atoms with van der Waals surface area (Å²) in [4.78, 5) is 14.3. The predicted molar refractivity (Wildman–Crippen MR) is 115 cm³/mol. The van der Waals surface area contributed by atoms with Crippen LogP contribution in [0.1, 0.15) is 35.4 Å². The number of fused-ring (bicyclic) bond motifs is 1. The molecule has 0 radical (unpaired) electrons. The van der Waals surface area contributed by atoms with Crippen LogP contribution in [-0.4, -0.2) is 33.9 Å². The molecule has 3 aromatic rings. The first-order valence-electron chi connectivity index (χ1n) is 10.8. The third-order valence-corrected chi connectivity index (χ3v) is 6.41. The summed E-state index contributed by atoms with van der Waals surface area (Å²) in [6.45, 7) is 4.90. The summed E-state index contributed by atoms with van der Waals surface area (Å²) in [5, 5.41) is 4.90. The number of piperidine rings is 1. The van der Waals surface area contributed by atoms with Crippen LogP contribution >= 0.6 is 0 Å². The summed E-state index contributed by atoms with van der Waals surface area (Å²) in [6.07, 6.45) is 0.704. The summed E-state index contributed by atoms with van der Waals surface area (Å²) >= 11 is 0. The van der Waals surface area contributed by atoms with Crippen LogP contribution in [0.3, 0.4) is 0 Å². The first kappa shape index (κ1) is 18.9. The molecule has 1 saturated heterocycles.